The maximum absolute atomic E-state index is 13.2. The van der Waals surface area contributed by atoms with Gasteiger partial charge in [0, 0.05) is 45.5 Å². The number of fused-ring (bicyclic) bond motifs is 1. The Hall–Kier alpha value is -3.16. The first-order chi connectivity index (χ1) is 14.2. The Morgan fingerprint density at radius 3 is 2.69 bits per heavy atom. The third-order valence-electron chi connectivity index (χ3n) is 5.47. The Kier molecular flexibility index (Phi) is 5.59. The largest absolute Gasteiger partial charge is 0.353 e. The number of aromatic nitrogens is 3. The van der Waals surface area contributed by atoms with Crippen LogP contribution in [0.1, 0.15) is 39.6 Å². The van der Waals surface area contributed by atoms with Crippen LogP contribution in [-0.4, -0.2) is 64.0 Å². The van der Waals surface area contributed by atoms with Crippen LogP contribution in [0.15, 0.2) is 37.1 Å². The minimum atomic E-state index is -0.241. The van der Waals surface area contributed by atoms with Gasteiger partial charge in [-0.15, -0.1) is 6.58 Å². The van der Waals surface area contributed by atoms with E-state index in [0.29, 0.717) is 31.2 Å². The second kappa shape index (κ2) is 8.46. The van der Waals surface area contributed by atoms with E-state index >= 15 is 0 Å². The topological polar surface area (TPSA) is 83.4 Å². The fourth-order valence-electron chi connectivity index (χ4n) is 3.96. The number of piperazine rings is 1. The number of hydrogen-bond acceptors (Lipinski definition) is 5. The fourth-order valence-corrected chi connectivity index (χ4v) is 3.96. The number of carbonyl (C=O) groups is 2. The summed E-state index contributed by atoms with van der Waals surface area (Å²) >= 11 is 0. The van der Waals surface area contributed by atoms with Gasteiger partial charge in [-0.2, -0.15) is 0 Å². The molecule has 2 aliphatic rings. The molecule has 0 radical (unpaired) electrons. The quantitative estimate of drug-likeness (QED) is 0.777. The van der Waals surface area contributed by atoms with E-state index in [0.717, 1.165) is 50.4 Å². The molecule has 2 aliphatic heterocycles. The zero-order valence-electron chi connectivity index (χ0n) is 16.5. The summed E-state index contributed by atoms with van der Waals surface area (Å²) in [5, 5.41) is 2.78. The lowest BCUT2D eigenvalue weighted by atomic mass is 10.1. The fraction of sp³-hybridized carbons (Fsp3) is 0.429. The SMILES string of the molecule is C=CCNC(=O)c1nc(C(=O)N2CCN(c3ccccn3)CC2)n2c1CCCC2. The number of pyridine rings is 1. The summed E-state index contributed by atoms with van der Waals surface area (Å²) in [7, 11) is 0. The van der Waals surface area contributed by atoms with Crippen LogP contribution in [0.5, 0.6) is 0 Å². The number of imidazole rings is 1. The van der Waals surface area contributed by atoms with E-state index in [1.54, 1.807) is 12.3 Å². The van der Waals surface area contributed by atoms with Gasteiger partial charge in [-0.25, -0.2) is 9.97 Å². The van der Waals surface area contributed by atoms with Gasteiger partial charge in [-0.1, -0.05) is 12.1 Å². The Balaban J connectivity index is 1.51. The molecule has 0 spiro atoms. The highest BCUT2D eigenvalue weighted by atomic mass is 16.2. The first kappa shape index (κ1) is 19.2. The van der Waals surface area contributed by atoms with Crippen molar-refractivity contribution in [2.24, 2.45) is 0 Å². The number of carbonyl (C=O) groups excluding carboxylic acids is 2. The molecule has 1 N–H and O–H groups in total. The lowest BCUT2D eigenvalue weighted by Gasteiger charge is -2.35. The second-order valence-electron chi connectivity index (χ2n) is 7.31. The van der Waals surface area contributed by atoms with E-state index in [1.807, 2.05) is 27.7 Å². The Labute approximate surface area is 170 Å². The van der Waals surface area contributed by atoms with Gasteiger partial charge >= 0.3 is 0 Å². The standard InChI is InChI=1S/C21H26N6O2/c1-2-9-23-20(28)18-16-7-4-6-11-27(16)19(24-18)21(29)26-14-12-25(13-15-26)17-8-3-5-10-22-17/h2-3,5,8,10H,1,4,6-7,9,11-15H2,(H,23,28). The molecule has 0 unspecified atom stereocenters. The molecular weight excluding hydrogens is 368 g/mol. The van der Waals surface area contributed by atoms with Crippen molar-refractivity contribution in [3.63, 3.8) is 0 Å². The van der Waals surface area contributed by atoms with Crippen LogP contribution >= 0.6 is 0 Å². The van der Waals surface area contributed by atoms with E-state index in [9.17, 15) is 9.59 Å². The van der Waals surface area contributed by atoms with Gasteiger partial charge in [0.2, 0.25) is 0 Å². The van der Waals surface area contributed by atoms with Crippen LogP contribution in [-0.2, 0) is 13.0 Å². The smallest absolute Gasteiger partial charge is 0.290 e. The van der Waals surface area contributed by atoms with Gasteiger partial charge in [-0.05, 0) is 31.4 Å². The summed E-state index contributed by atoms with van der Waals surface area (Å²) in [4.78, 5) is 38.6. The highest BCUT2D eigenvalue weighted by Crippen LogP contribution is 2.23. The molecule has 0 saturated carbocycles. The summed E-state index contributed by atoms with van der Waals surface area (Å²) in [5.41, 5.74) is 1.25. The normalized spacial score (nSPS) is 16.3. The van der Waals surface area contributed by atoms with Crippen LogP contribution in [0.3, 0.4) is 0 Å². The Morgan fingerprint density at radius 1 is 1.14 bits per heavy atom. The monoisotopic (exact) mass is 394 g/mol. The van der Waals surface area contributed by atoms with Crippen LogP contribution in [0, 0.1) is 0 Å². The summed E-state index contributed by atoms with van der Waals surface area (Å²) in [6.45, 7) is 7.40. The zero-order valence-corrected chi connectivity index (χ0v) is 16.5. The molecular formula is C21H26N6O2. The molecule has 0 aromatic carbocycles. The molecule has 1 fully saturated rings. The number of rotatable bonds is 5. The Bertz CT molecular complexity index is 899. The number of hydrogen-bond donors (Lipinski definition) is 1. The molecule has 152 valence electrons. The van der Waals surface area contributed by atoms with Gasteiger partial charge in [0.05, 0.1) is 5.69 Å². The van der Waals surface area contributed by atoms with Crippen molar-refractivity contribution in [1.82, 2.24) is 24.8 Å². The number of amides is 2. The van der Waals surface area contributed by atoms with Crippen molar-refractivity contribution < 1.29 is 9.59 Å². The summed E-state index contributed by atoms with van der Waals surface area (Å²) in [6, 6.07) is 5.85. The van der Waals surface area contributed by atoms with Crippen LogP contribution < -0.4 is 10.2 Å². The van der Waals surface area contributed by atoms with Gasteiger partial charge in [0.1, 0.15) is 11.5 Å². The summed E-state index contributed by atoms with van der Waals surface area (Å²) in [5.74, 6) is 0.972. The van der Waals surface area contributed by atoms with Crippen LogP contribution in [0.25, 0.3) is 0 Å². The van der Waals surface area contributed by atoms with Crippen molar-refractivity contribution in [3.8, 4) is 0 Å². The molecule has 2 aromatic heterocycles. The molecule has 2 aromatic rings. The van der Waals surface area contributed by atoms with Crippen molar-refractivity contribution in [2.75, 3.05) is 37.6 Å². The van der Waals surface area contributed by atoms with Crippen molar-refractivity contribution in [3.05, 3.63) is 54.3 Å². The molecule has 8 nitrogen and oxygen atoms in total. The highest BCUT2D eigenvalue weighted by molar-refractivity contribution is 5.97. The average molecular weight is 394 g/mol. The first-order valence-corrected chi connectivity index (χ1v) is 10.1. The van der Waals surface area contributed by atoms with Gasteiger partial charge in [0.15, 0.2) is 5.82 Å². The molecule has 0 aliphatic carbocycles. The zero-order chi connectivity index (χ0) is 20.2. The number of nitrogens with zero attached hydrogens (tertiary/aromatic N) is 5. The third kappa shape index (κ3) is 3.87. The molecule has 8 heteroatoms. The van der Waals surface area contributed by atoms with E-state index < -0.39 is 0 Å². The van der Waals surface area contributed by atoms with Crippen molar-refractivity contribution in [2.45, 2.75) is 25.8 Å². The van der Waals surface area contributed by atoms with Crippen molar-refractivity contribution >= 4 is 17.6 Å². The molecule has 1 saturated heterocycles. The summed E-state index contributed by atoms with van der Waals surface area (Å²) < 4.78 is 1.94. The van der Waals surface area contributed by atoms with Crippen molar-refractivity contribution in [1.29, 1.82) is 0 Å². The van der Waals surface area contributed by atoms with Crippen LogP contribution in [0.4, 0.5) is 5.82 Å². The first-order valence-electron chi connectivity index (χ1n) is 10.1. The van der Waals surface area contributed by atoms with E-state index in [-0.39, 0.29) is 11.8 Å². The molecule has 4 heterocycles. The average Bonchev–Trinajstić information content (AvgIpc) is 3.17. The van der Waals surface area contributed by atoms with E-state index in [2.05, 4.69) is 26.8 Å². The minimum absolute atomic E-state index is 0.100. The van der Waals surface area contributed by atoms with Gasteiger partial charge in [0.25, 0.3) is 11.8 Å². The van der Waals surface area contributed by atoms with E-state index in [4.69, 9.17) is 0 Å². The molecule has 4 rings (SSSR count). The van der Waals surface area contributed by atoms with Crippen LogP contribution in [0.2, 0.25) is 0 Å². The summed E-state index contributed by atoms with van der Waals surface area (Å²) in [6.07, 6.45) is 6.18. The van der Waals surface area contributed by atoms with E-state index in [1.165, 1.54) is 0 Å². The van der Waals surface area contributed by atoms with Gasteiger partial charge < -0.3 is 19.7 Å². The minimum Gasteiger partial charge on any atom is -0.353 e. The molecule has 0 atom stereocenters. The lowest BCUT2D eigenvalue weighted by Crippen LogP contribution is -2.49. The van der Waals surface area contributed by atoms with Gasteiger partial charge in [-0.3, -0.25) is 9.59 Å². The lowest BCUT2D eigenvalue weighted by molar-refractivity contribution is 0.0728. The maximum Gasteiger partial charge on any atom is 0.290 e. The predicted octanol–water partition coefficient (Wildman–Crippen LogP) is 1.49. The highest BCUT2D eigenvalue weighted by Gasteiger charge is 2.31. The number of nitrogens with one attached hydrogen (secondary N) is 1. The third-order valence-corrected chi connectivity index (χ3v) is 5.47. The molecule has 29 heavy (non-hydrogen) atoms. The predicted molar refractivity (Wildman–Crippen MR) is 110 cm³/mol. The Morgan fingerprint density at radius 2 is 1.97 bits per heavy atom. The number of anilines is 1. The maximum atomic E-state index is 13.2. The second-order valence-corrected chi connectivity index (χ2v) is 7.31. The molecule has 2 amide bonds. The molecule has 0 bridgehead atoms.